The first-order chi connectivity index (χ1) is 8.69. The number of carbonyl (C=O) groups is 1. The Morgan fingerprint density at radius 1 is 1.33 bits per heavy atom. The third kappa shape index (κ3) is 1.78. The van der Waals surface area contributed by atoms with Gasteiger partial charge in [0, 0.05) is 38.0 Å². The molecule has 18 heavy (non-hydrogen) atoms. The number of anilines is 1. The van der Waals surface area contributed by atoms with E-state index < -0.39 is 0 Å². The molecule has 0 aliphatic carbocycles. The van der Waals surface area contributed by atoms with Crippen LogP contribution in [0.3, 0.4) is 0 Å². The van der Waals surface area contributed by atoms with Gasteiger partial charge in [0.2, 0.25) is 5.88 Å². The fraction of sp³-hybridized carbons (Fsp3) is 0.692. The lowest BCUT2D eigenvalue weighted by atomic mass is 9.84. The highest BCUT2D eigenvalue weighted by Crippen LogP contribution is 2.36. The lowest BCUT2D eigenvalue weighted by Crippen LogP contribution is -2.52. The molecule has 0 aromatic carbocycles. The van der Waals surface area contributed by atoms with E-state index in [9.17, 15) is 4.79 Å². The van der Waals surface area contributed by atoms with Crippen LogP contribution in [0.2, 0.25) is 0 Å². The minimum absolute atomic E-state index is 0.338. The Kier molecular flexibility index (Phi) is 2.76. The lowest BCUT2D eigenvalue weighted by Gasteiger charge is -2.45. The summed E-state index contributed by atoms with van der Waals surface area (Å²) in [5.74, 6) is 2.13. The van der Waals surface area contributed by atoms with Gasteiger partial charge in [0.15, 0.2) is 5.82 Å². The summed E-state index contributed by atoms with van der Waals surface area (Å²) in [5, 5.41) is 4.52. The Balaban J connectivity index is 1.92. The van der Waals surface area contributed by atoms with Gasteiger partial charge in [0.25, 0.3) is 0 Å². The quantitative estimate of drug-likeness (QED) is 0.797. The second-order valence-corrected chi connectivity index (χ2v) is 5.26. The molecule has 2 aliphatic rings. The van der Waals surface area contributed by atoms with Crippen molar-refractivity contribution in [3.8, 4) is 5.88 Å². The van der Waals surface area contributed by atoms with E-state index in [4.69, 9.17) is 4.74 Å². The summed E-state index contributed by atoms with van der Waals surface area (Å²) in [4.78, 5) is 14.0. The highest BCUT2D eigenvalue weighted by atomic mass is 16.5. The molecule has 0 amide bonds. The number of piperidine rings is 2. The third-order valence-corrected chi connectivity index (χ3v) is 4.09. The molecule has 0 saturated carbocycles. The Bertz CT molecular complexity index is 453. The SMILES string of the molecule is COc1cc(N2C3CCCC2CC(=O)C3)nn1C. The summed E-state index contributed by atoms with van der Waals surface area (Å²) < 4.78 is 7.02. The van der Waals surface area contributed by atoms with Crippen LogP contribution in [0.25, 0.3) is 0 Å². The standard InChI is InChI=1S/C13H19N3O2/c1-15-13(18-2)8-12(14-15)16-9-4-3-5-10(16)7-11(17)6-9/h8-10H,3-7H2,1-2H3. The Labute approximate surface area is 107 Å². The number of fused-ring (bicyclic) bond motifs is 2. The number of rotatable bonds is 2. The van der Waals surface area contributed by atoms with Gasteiger partial charge in [-0.15, -0.1) is 0 Å². The minimum atomic E-state index is 0.338. The van der Waals surface area contributed by atoms with Crippen molar-refractivity contribution in [2.24, 2.45) is 7.05 Å². The van der Waals surface area contributed by atoms with Crippen LogP contribution in [0.15, 0.2) is 6.07 Å². The van der Waals surface area contributed by atoms with Crippen molar-refractivity contribution in [1.29, 1.82) is 0 Å². The lowest BCUT2D eigenvalue weighted by molar-refractivity contribution is -0.121. The van der Waals surface area contributed by atoms with Gasteiger partial charge in [-0.25, -0.2) is 4.68 Å². The van der Waals surface area contributed by atoms with Crippen LogP contribution in [0.1, 0.15) is 32.1 Å². The van der Waals surface area contributed by atoms with Gasteiger partial charge in [-0.3, -0.25) is 4.79 Å². The Hall–Kier alpha value is -1.52. The molecular formula is C13H19N3O2. The van der Waals surface area contributed by atoms with E-state index in [1.54, 1.807) is 11.8 Å². The number of ether oxygens (including phenoxy) is 1. The fourth-order valence-corrected chi connectivity index (χ4v) is 3.30. The normalized spacial score (nSPS) is 27.4. The maximum atomic E-state index is 11.7. The van der Waals surface area contributed by atoms with Crippen LogP contribution in [0.5, 0.6) is 5.88 Å². The molecule has 2 fully saturated rings. The van der Waals surface area contributed by atoms with Gasteiger partial charge in [-0.2, -0.15) is 5.10 Å². The molecule has 5 nitrogen and oxygen atoms in total. The van der Waals surface area contributed by atoms with Crippen LogP contribution < -0.4 is 9.64 Å². The molecule has 1 aromatic rings. The third-order valence-electron chi connectivity index (χ3n) is 4.09. The van der Waals surface area contributed by atoms with Gasteiger partial charge >= 0.3 is 0 Å². The topological polar surface area (TPSA) is 47.4 Å². The molecule has 2 atom stereocenters. The van der Waals surface area contributed by atoms with Gasteiger partial charge in [-0.1, -0.05) is 0 Å². The first-order valence-corrected chi connectivity index (χ1v) is 6.57. The van der Waals surface area contributed by atoms with Crippen LogP contribution in [-0.4, -0.2) is 34.8 Å². The average molecular weight is 249 g/mol. The molecule has 3 heterocycles. The monoisotopic (exact) mass is 249 g/mol. The zero-order valence-electron chi connectivity index (χ0n) is 10.9. The second-order valence-electron chi connectivity index (χ2n) is 5.26. The summed E-state index contributed by atoms with van der Waals surface area (Å²) in [7, 11) is 3.54. The van der Waals surface area contributed by atoms with Gasteiger partial charge in [-0.05, 0) is 19.3 Å². The van der Waals surface area contributed by atoms with Crippen LogP contribution >= 0.6 is 0 Å². The van der Waals surface area contributed by atoms with Crippen molar-refractivity contribution in [3.05, 3.63) is 6.07 Å². The summed E-state index contributed by atoms with van der Waals surface area (Å²) in [6, 6.07) is 2.65. The van der Waals surface area contributed by atoms with Crippen LogP contribution in [-0.2, 0) is 11.8 Å². The Morgan fingerprint density at radius 3 is 2.56 bits per heavy atom. The molecule has 0 spiro atoms. The van der Waals surface area contributed by atoms with E-state index in [0.29, 0.717) is 30.7 Å². The molecule has 0 radical (unpaired) electrons. The molecule has 2 aliphatic heterocycles. The first kappa shape index (κ1) is 11.6. The van der Waals surface area contributed by atoms with Crippen LogP contribution in [0.4, 0.5) is 5.82 Å². The zero-order valence-corrected chi connectivity index (χ0v) is 10.9. The molecule has 0 N–H and O–H groups in total. The molecular weight excluding hydrogens is 230 g/mol. The predicted molar refractivity (Wildman–Crippen MR) is 67.9 cm³/mol. The summed E-state index contributed by atoms with van der Waals surface area (Å²) in [5.41, 5.74) is 0. The number of aryl methyl sites for hydroxylation is 1. The highest BCUT2D eigenvalue weighted by Gasteiger charge is 2.38. The Morgan fingerprint density at radius 2 is 2.00 bits per heavy atom. The van der Waals surface area contributed by atoms with E-state index in [1.165, 1.54) is 6.42 Å². The summed E-state index contributed by atoms with van der Waals surface area (Å²) >= 11 is 0. The molecule has 2 unspecified atom stereocenters. The van der Waals surface area contributed by atoms with E-state index in [2.05, 4.69) is 10.00 Å². The van der Waals surface area contributed by atoms with Gasteiger partial charge < -0.3 is 9.64 Å². The number of methoxy groups -OCH3 is 1. The average Bonchev–Trinajstić information content (AvgIpc) is 2.69. The van der Waals surface area contributed by atoms with E-state index in [1.807, 2.05) is 13.1 Å². The minimum Gasteiger partial charge on any atom is -0.481 e. The number of carbonyl (C=O) groups excluding carboxylic acids is 1. The van der Waals surface area contributed by atoms with E-state index >= 15 is 0 Å². The molecule has 2 bridgehead atoms. The van der Waals surface area contributed by atoms with Crippen LogP contribution in [0, 0.1) is 0 Å². The van der Waals surface area contributed by atoms with Crippen molar-refractivity contribution < 1.29 is 9.53 Å². The van der Waals surface area contributed by atoms with Crippen molar-refractivity contribution >= 4 is 11.6 Å². The number of nitrogens with zero attached hydrogens (tertiary/aromatic N) is 3. The van der Waals surface area contributed by atoms with Crippen molar-refractivity contribution in [1.82, 2.24) is 9.78 Å². The molecule has 1 aromatic heterocycles. The van der Waals surface area contributed by atoms with Gasteiger partial charge in [0.1, 0.15) is 5.78 Å². The van der Waals surface area contributed by atoms with Crippen molar-refractivity contribution in [2.45, 2.75) is 44.2 Å². The fourth-order valence-electron chi connectivity index (χ4n) is 3.30. The van der Waals surface area contributed by atoms with Gasteiger partial charge in [0.05, 0.1) is 7.11 Å². The summed E-state index contributed by atoms with van der Waals surface area (Å²) in [6.45, 7) is 0. The van der Waals surface area contributed by atoms with Crippen molar-refractivity contribution in [2.75, 3.05) is 12.0 Å². The number of Topliss-reactive ketones (excluding diaryl/α,β-unsaturated/α-hetero) is 1. The number of hydrogen-bond donors (Lipinski definition) is 0. The maximum absolute atomic E-state index is 11.7. The molecule has 98 valence electrons. The van der Waals surface area contributed by atoms with E-state index in [-0.39, 0.29) is 0 Å². The number of hydrogen-bond acceptors (Lipinski definition) is 4. The second kappa shape index (κ2) is 4.30. The largest absolute Gasteiger partial charge is 0.481 e. The number of aromatic nitrogens is 2. The first-order valence-electron chi connectivity index (χ1n) is 6.57. The van der Waals surface area contributed by atoms with Crippen molar-refractivity contribution in [3.63, 3.8) is 0 Å². The smallest absolute Gasteiger partial charge is 0.213 e. The molecule has 5 heteroatoms. The maximum Gasteiger partial charge on any atom is 0.213 e. The van der Waals surface area contributed by atoms with E-state index in [0.717, 1.165) is 24.5 Å². The highest BCUT2D eigenvalue weighted by molar-refractivity contribution is 5.82. The summed E-state index contributed by atoms with van der Waals surface area (Å²) in [6.07, 6.45) is 4.77. The molecule has 2 saturated heterocycles. The number of ketones is 1. The predicted octanol–water partition coefficient (Wildman–Crippen LogP) is 1.52. The zero-order chi connectivity index (χ0) is 12.7. The molecule has 3 rings (SSSR count).